The molecule has 2 saturated heterocycles. The van der Waals surface area contributed by atoms with Crippen molar-refractivity contribution in [2.45, 2.75) is 223 Å². The second-order valence-corrected chi connectivity index (χ2v) is 17.3. The normalized spacial score (nSPS) is 26.7. The molecule has 2 fully saturated rings. The Morgan fingerprint density at radius 2 is 0.970 bits per heavy atom. The van der Waals surface area contributed by atoms with Crippen molar-refractivity contribution in [3.8, 4) is 0 Å². The molecule has 2 aliphatic rings. The smallest absolute Gasteiger partial charge is 0.306 e. The molecule has 380 valence electrons. The maximum atomic E-state index is 13.0. The molecule has 0 aliphatic carbocycles. The zero-order valence-electron chi connectivity index (χ0n) is 39.9. The third-order valence-electron chi connectivity index (χ3n) is 11.6. The molecule has 4 unspecified atom stereocenters. The molecule has 2 rings (SSSR count). The number of aliphatic hydroxyl groups is 7. The summed E-state index contributed by atoms with van der Waals surface area (Å²) in [5.74, 6) is -0.966. The third kappa shape index (κ3) is 26.1. The summed E-state index contributed by atoms with van der Waals surface area (Å²) >= 11 is 0. The van der Waals surface area contributed by atoms with Crippen LogP contribution >= 0.6 is 0 Å². The summed E-state index contributed by atoms with van der Waals surface area (Å²) in [5, 5.41) is 72.0. The summed E-state index contributed by atoms with van der Waals surface area (Å²) in [4.78, 5) is 25.7. The van der Waals surface area contributed by atoms with Crippen molar-refractivity contribution in [1.82, 2.24) is 0 Å². The average Bonchev–Trinajstić information content (AvgIpc) is 3.31. The molecule has 15 heteroatoms. The van der Waals surface area contributed by atoms with Gasteiger partial charge in [-0.05, 0) is 57.8 Å². The molecule has 0 bridgehead atoms. The Labute approximate surface area is 394 Å². The van der Waals surface area contributed by atoms with Crippen molar-refractivity contribution in [3.63, 3.8) is 0 Å². The van der Waals surface area contributed by atoms with E-state index >= 15 is 0 Å². The second-order valence-electron chi connectivity index (χ2n) is 17.3. The zero-order chi connectivity index (χ0) is 48.2. The highest BCUT2D eigenvalue weighted by molar-refractivity contribution is 5.70. The first kappa shape index (κ1) is 59.3. The monoisotopic (exact) mass is 939 g/mol. The summed E-state index contributed by atoms with van der Waals surface area (Å²) < 4.78 is 33.5. The number of allylic oxidation sites excluding steroid dienone is 10. The largest absolute Gasteiger partial charge is 0.462 e. The summed E-state index contributed by atoms with van der Waals surface area (Å²) in [5.41, 5.74) is 0. The van der Waals surface area contributed by atoms with Crippen LogP contribution in [-0.4, -0.2) is 142 Å². The van der Waals surface area contributed by atoms with Crippen molar-refractivity contribution in [1.29, 1.82) is 0 Å². The number of unbranched alkanes of at least 4 members (excludes halogenated alkanes) is 16. The Morgan fingerprint density at radius 1 is 0.500 bits per heavy atom. The minimum absolute atomic E-state index is 0.135. The van der Waals surface area contributed by atoms with E-state index in [1.807, 2.05) is 36.5 Å². The van der Waals surface area contributed by atoms with Gasteiger partial charge in [0.25, 0.3) is 0 Å². The van der Waals surface area contributed by atoms with Crippen molar-refractivity contribution in [2.24, 2.45) is 0 Å². The lowest BCUT2D eigenvalue weighted by atomic mass is 9.98. The molecule has 11 atom stereocenters. The van der Waals surface area contributed by atoms with Crippen LogP contribution in [0.2, 0.25) is 0 Å². The second kappa shape index (κ2) is 38.1. The molecule has 66 heavy (non-hydrogen) atoms. The predicted molar refractivity (Wildman–Crippen MR) is 252 cm³/mol. The zero-order valence-corrected chi connectivity index (χ0v) is 39.9. The Kier molecular flexibility index (Phi) is 34.2. The Hall–Kier alpha value is -2.80. The first-order valence-corrected chi connectivity index (χ1v) is 24.9. The standard InChI is InChI=1S/C51H86O15/c1-3-5-7-9-11-13-15-17-19-21-23-25-27-29-31-33-42(53)61-36-39(64-43(54)34-32-30-28-26-24-22-20-18-16-14-12-10-8-6-4-2)37-62-50-49(60)47(58)45(56)41(66-50)38-63-51-48(59)46(57)44(55)40(35-52)65-51/h6,8,10,12,14,16-20,39-41,44-52,55-60H,3-5,7,9,11,13,15,21-38H2,1-2H3/b8-6+,12-10+,16-14+,19-17+,20-18+/t39-,40-,41-,44+,45+,46?,47?,48?,49?,50-,51-/m1/s1. The van der Waals surface area contributed by atoms with E-state index < -0.39 is 99.3 Å². The van der Waals surface area contributed by atoms with E-state index in [1.165, 1.54) is 38.5 Å². The van der Waals surface area contributed by atoms with Gasteiger partial charge in [-0.15, -0.1) is 0 Å². The van der Waals surface area contributed by atoms with Gasteiger partial charge in [-0.3, -0.25) is 9.59 Å². The minimum atomic E-state index is -1.77. The Morgan fingerprint density at radius 3 is 1.55 bits per heavy atom. The van der Waals surface area contributed by atoms with Gasteiger partial charge in [-0.25, -0.2) is 0 Å². The number of hydrogen-bond donors (Lipinski definition) is 7. The molecule has 2 aliphatic heterocycles. The molecule has 2 heterocycles. The maximum absolute atomic E-state index is 13.0. The first-order valence-electron chi connectivity index (χ1n) is 24.9. The van der Waals surface area contributed by atoms with Crippen molar-refractivity contribution in [3.05, 3.63) is 60.8 Å². The molecule has 0 amide bonds. The maximum Gasteiger partial charge on any atom is 0.306 e. The van der Waals surface area contributed by atoms with Crippen LogP contribution in [0.25, 0.3) is 0 Å². The fourth-order valence-electron chi connectivity index (χ4n) is 7.46. The summed E-state index contributed by atoms with van der Waals surface area (Å²) in [6, 6.07) is 0. The number of esters is 2. The van der Waals surface area contributed by atoms with Crippen molar-refractivity contribution >= 4 is 11.9 Å². The third-order valence-corrected chi connectivity index (χ3v) is 11.6. The van der Waals surface area contributed by atoms with Crippen LogP contribution in [0.1, 0.15) is 155 Å². The van der Waals surface area contributed by atoms with Gasteiger partial charge < -0.3 is 64.2 Å². The Balaban J connectivity index is 1.84. The lowest BCUT2D eigenvalue weighted by Gasteiger charge is -2.42. The van der Waals surface area contributed by atoms with Crippen LogP contribution in [0.4, 0.5) is 0 Å². The van der Waals surface area contributed by atoms with Gasteiger partial charge in [0.1, 0.15) is 55.4 Å². The highest BCUT2D eigenvalue weighted by Gasteiger charge is 2.47. The first-order chi connectivity index (χ1) is 32.0. The predicted octanol–water partition coefficient (Wildman–Crippen LogP) is 6.49. The summed E-state index contributed by atoms with van der Waals surface area (Å²) in [6.07, 6.45) is 25.3. The van der Waals surface area contributed by atoms with Gasteiger partial charge in [-0.1, -0.05) is 145 Å². The van der Waals surface area contributed by atoms with Gasteiger partial charge in [0, 0.05) is 12.8 Å². The molecule has 0 radical (unpaired) electrons. The summed E-state index contributed by atoms with van der Waals surface area (Å²) in [6.45, 7) is 2.39. The van der Waals surface area contributed by atoms with Crippen LogP contribution in [-0.2, 0) is 38.0 Å². The topological polar surface area (TPSA) is 231 Å². The number of aliphatic hydroxyl groups excluding tert-OH is 7. The molecule has 7 N–H and O–H groups in total. The van der Waals surface area contributed by atoms with Gasteiger partial charge in [-0.2, -0.15) is 0 Å². The van der Waals surface area contributed by atoms with E-state index in [0.29, 0.717) is 12.8 Å². The van der Waals surface area contributed by atoms with Gasteiger partial charge >= 0.3 is 11.9 Å². The average molecular weight is 939 g/mol. The molecular formula is C51H86O15. The summed E-state index contributed by atoms with van der Waals surface area (Å²) in [7, 11) is 0. The number of ether oxygens (including phenoxy) is 6. The fourth-order valence-corrected chi connectivity index (χ4v) is 7.46. The number of carbonyl (C=O) groups is 2. The fraction of sp³-hybridized carbons (Fsp3) is 0.765. The number of rotatable bonds is 37. The molecule has 0 aromatic heterocycles. The van der Waals surface area contributed by atoms with Crippen LogP contribution in [0.3, 0.4) is 0 Å². The van der Waals surface area contributed by atoms with Crippen LogP contribution in [0, 0.1) is 0 Å². The van der Waals surface area contributed by atoms with Crippen LogP contribution in [0.15, 0.2) is 60.8 Å². The van der Waals surface area contributed by atoms with E-state index in [9.17, 15) is 45.3 Å². The molecular weight excluding hydrogens is 853 g/mol. The van der Waals surface area contributed by atoms with E-state index in [-0.39, 0.29) is 19.4 Å². The molecule has 0 aromatic rings. The number of carbonyl (C=O) groups excluding carboxylic acids is 2. The highest BCUT2D eigenvalue weighted by atomic mass is 16.7. The lowest BCUT2D eigenvalue weighted by Crippen LogP contribution is -2.61. The number of hydrogen-bond acceptors (Lipinski definition) is 15. The van der Waals surface area contributed by atoms with E-state index in [1.54, 1.807) is 0 Å². The molecule has 0 aromatic carbocycles. The quantitative estimate of drug-likeness (QED) is 0.0153. The molecule has 0 saturated carbocycles. The Bertz CT molecular complexity index is 1380. The molecule has 15 nitrogen and oxygen atoms in total. The minimum Gasteiger partial charge on any atom is -0.462 e. The SMILES string of the molecule is CC/C=C/C=C/C=C/C=C/CCCCCCCC(=O)O[C@H](COC(=O)CCCCCCC/C=C/CCCCCCCC)CO[C@@H]1O[C@H](CO[C@@H]2O[C@H](CO)[C@H](O)C(O)C2O)[C@H](O)C(O)C1O. The van der Waals surface area contributed by atoms with E-state index in [4.69, 9.17) is 28.4 Å². The van der Waals surface area contributed by atoms with E-state index in [0.717, 1.165) is 77.0 Å². The van der Waals surface area contributed by atoms with Crippen LogP contribution < -0.4 is 0 Å². The van der Waals surface area contributed by atoms with Crippen molar-refractivity contribution < 1.29 is 73.8 Å². The van der Waals surface area contributed by atoms with Crippen LogP contribution in [0.5, 0.6) is 0 Å². The van der Waals surface area contributed by atoms with Crippen molar-refractivity contribution in [2.75, 3.05) is 26.4 Å². The highest BCUT2D eigenvalue weighted by Crippen LogP contribution is 2.26. The molecule has 0 spiro atoms. The van der Waals surface area contributed by atoms with Gasteiger partial charge in [0.05, 0.1) is 19.8 Å². The van der Waals surface area contributed by atoms with Gasteiger partial charge in [0.2, 0.25) is 0 Å². The van der Waals surface area contributed by atoms with E-state index in [2.05, 4.69) is 38.2 Å². The lowest BCUT2D eigenvalue weighted by molar-refractivity contribution is -0.332. The van der Waals surface area contributed by atoms with Gasteiger partial charge in [0.15, 0.2) is 18.7 Å².